The molecule has 0 saturated carbocycles. The van der Waals surface area contributed by atoms with E-state index in [1.165, 1.54) is 0 Å². The van der Waals surface area contributed by atoms with Crippen LogP contribution >= 0.6 is 7.82 Å². The maximum Gasteiger partial charge on any atom is 0.524 e. The number of phosphoric acid groups is 1. The zero-order chi connectivity index (χ0) is 7.33. The molecule has 0 fully saturated rings. The third-order valence-electron chi connectivity index (χ3n) is 0.400. The topological polar surface area (TPSA) is 87.0 Å². The SMILES string of the molecule is O=P(O)(O)O/C=C/CO. The molecule has 9 heavy (non-hydrogen) atoms. The average Bonchev–Trinajstić information content (AvgIpc) is 1.63. The largest absolute Gasteiger partial charge is 0.524 e. The van der Waals surface area contributed by atoms with Gasteiger partial charge >= 0.3 is 7.82 Å². The van der Waals surface area contributed by atoms with Crippen molar-refractivity contribution in [3.63, 3.8) is 0 Å². The van der Waals surface area contributed by atoms with Crippen LogP contribution in [0.5, 0.6) is 0 Å². The zero-order valence-electron chi connectivity index (χ0n) is 4.47. The number of phosphoric ester groups is 1. The number of aliphatic hydroxyl groups is 1. The molecule has 0 aliphatic heterocycles. The van der Waals surface area contributed by atoms with Gasteiger partial charge in [-0.05, 0) is 6.08 Å². The van der Waals surface area contributed by atoms with Gasteiger partial charge in [-0.2, -0.15) is 0 Å². The van der Waals surface area contributed by atoms with E-state index in [-0.39, 0.29) is 6.61 Å². The second-order valence-electron chi connectivity index (χ2n) is 1.15. The molecule has 0 aromatic rings. The van der Waals surface area contributed by atoms with Gasteiger partial charge in [-0.3, -0.25) is 9.79 Å². The van der Waals surface area contributed by atoms with E-state index in [4.69, 9.17) is 14.9 Å². The Kier molecular flexibility index (Phi) is 3.49. The van der Waals surface area contributed by atoms with Crippen molar-refractivity contribution in [2.75, 3.05) is 6.61 Å². The summed E-state index contributed by atoms with van der Waals surface area (Å²) < 4.78 is 13.6. The summed E-state index contributed by atoms with van der Waals surface area (Å²) in [5, 5.41) is 8.04. The zero-order valence-corrected chi connectivity index (χ0v) is 5.36. The van der Waals surface area contributed by atoms with Crippen LogP contribution < -0.4 is 0 Å². The van der Waals surface area contributed by atoms with Crippen molar-refractivity contribution < 1.29 is 24.0 Å². The number of hydrogen-bond acceptors (Lipinski definition) is 3. The van der Waals surface area contributed by atoms with Gasteiger partial charge in [0.2, 0.25) is 0 Å². The summed E-state index contributed by atoms with van der Waals surface area (Å²) in [7, 11) is -4.39. The Morgan fingerprint density at radius 1 is 1.56 bits per heavy atom. The molecule has 0 spiro atoms. The summed E-state index contributed by atoms with van der Waals surface area (Å²) in [5.74, 6) is 0. The summed E-state index contributed by atoms with van der Waals surface area (Å²) in [6.07, 6.45) is 1.82. The van der Waals surface area contributed by atoms with Gasteiger partial charge < -0.3 is 9.63 Å². The molecular weight excluding hydrogens is 147 g/mol. The first-order valence-corrected chi connectivity index (χ1v) is 3.59. The summed E-state index contributed by atoms with van der Waals surface area (Å²) in [5.41, 5.74) is 0. The van der Waals surface area contributed by atoms with Crippen LogP contribution in [-0.4, -0.2) is 21.5 Å². The van der Waals surface area contributed by atoms with E-state index in [1.54, 1.807) is 0 Å². The van der Waals surface area contributed by atoms with E-state index in [9.17, 15) is 4.57 Å². The molecule has 0 amide bonds. The van der Waals surface area contributed by atoms with Crippen LogP contribution in [0.3, 0.4) is 0 Å². The Labute approximate surface area is 51.8 Å². The molecule has 0 bridgehead atoms. The van der Waals surface area contributed by atoms with Gasteiger partial charge in [0.25, 0.3) is 0 Å². The molecule has 0 saturated heterocycles. The van der Waals surface area contributed by atoms with E-state index in [2.05, 4.69) is 4.52 Å². The van der Waals surface area contributed by atoms with Gasteiger partial charge in [-0.15, -0.1) is 0 Å². The first kappa shape index (κ1) is 8.65. The molecule has 6 heteroatoms. The molecule has 0 unspecified atom stereocenters. The van der Waals surface area contributed by atoms with Gasteiger partial charge in [0.1, 0.15) is 0 Å². The fraction of sp³-hybridized carbons (Fsp3) is 0.333. The van der Waals surface area contributed by atoms with Crippen LogP contribution in [0.15, 0.2) is 12.3 Å². The van der Waals surface area contributed by atoms with Gasteiger partial charge in [0, 0.05) is 0 Å². The molecule has 5 nitrogen and oxygen atoms in total. The molecule has 0 aromatic carbocycles. The minimum atomic E-state index is -4.39. The normalized spacial score (nSPS) is 12.3. The van der Waals surface area contributed by atoms with E-state index < -0.39 is 7.82 Å². The fourth-order valence-corrected chi connectivity index (χ4v) is 0.410. The minimum absolute atomic E-state index is 0.306. The maximum absolute atomic E-state index is 9.85. The van der Waals surface area contributed by atoms with Crippen LogP contribution in [0.2, 0.25) is 0 Å². The lowest BCUT2D eigenvalue weighted by Crippen LogP contribution is -1.79. The van der Waals surface area contributed by atoms with Gasteiger partial charge in [0.15, 0.2) is 0 Å². The summed E-state index contributed by atoms with van der Waals surface area (Å²) in [6.45, 7) is -0.306. The van der Waals surface area contributed by atoms with Crippen molar-refractivity contribution in [2.45, 2.75) is 0 Å². The third-order valence-corrected chi connectivity index (χ3v) is 0.796. The second-order valence-corrected chi connectivity index (χ2v) is 2.34. The van der Waals surface area contributed by atoms with Crippen LogP contribution in [0.25, 0.3) is 0 Å². The Balaban J connectivity index is 3.51. The van der Waals surface area contributed by atoms with Crippen molar-refractivity contribution in [3.8, 4) is 0 Å². The van der Waals surface area contributed by atoms with E-state index in [0.29, 0.717) is 0 Å². The van der Waals surface area contributed by atoms with Crippen LogP contribution in [-0.2, 0) is 9.09 Å². The third kappa shape index (κ3) is 7.65. The Bertz CT molecular complexity index is 135. The lowest BCUT2D eigenvalue weighted by atomic mass is 10.7. The lowest BCUT2D eigenvalue weighted by Gasteiger charge is -1.98. The molecule has 54 valence electrons. The van der Waals surface area contributed by atoms with Gasteiger partial charge in [-0.25, -0.2) is 4.57 Å². The number of hydrogen-bond donors (Lipinski definition) is 3. The van der Waals surface area contributed by atoms with Gasteiger partial charge in [-0.1, -0.05) is 0 Å². The maximum atomic E-state index is 9.85. The van der Waals surface area contributed by atoms with Crippen molar-refractivity contribution >= 4 is 7.82 Å². The summed E-state index contributed by atoms with van der Waals surface area (Å²) >= 11 is 0. The van der Waals surface area contributed by atoms with E-state index in [1.807, 2.05) is 0 Å². The number of aliphatic hydroxyl groups excluding tert-OH is 1. The Morgan fingerprint density at radius 2 is 2.11 bits per heavy atom. The molecule has 0 aliphatic rings. The monoisotopic (exact) mass is 154 g/mol. The second kappa shape index (κ2) is 3.63. The predicted molar refractivity (Wildman–Crippen MR) is 29.4 cm³/mol. The summed E-state index contributed by atoms with van der Waals surface area (Å²) in [4.78, 5) is 16.0. The molecule has 0 aromatic heterocycles. The van der Waals surface area contributed by atoms with Crippen LogP contribution in [0, 0.1) is 0 Å². The highest BCUT2D eigenvalue weighted by atomic mass is 31.2. The standard InChI is InChI=1S/C3H7O5P/c4-2-1-3-8-9(5,6)7/h1,3-4H,2H2,(H2,5,6,7)/b3-1+. The van der Waals surface area contributed by atoms with Crippen LogP contribution in [0.4, 0.5) is 0 Å². The van der Waals surface area contributed by atoms with Crippen molar-refractivity contribution in [3.05, 3.63) is 12.3 Å². The van der Waals surface area contributed by atoms with Crippen LogP contribution in [0.1, 0.15) is 0 Å². The molecule has 3 N–H and O–H groups in total. The summed E-state index contributed by atoms with van der Waals surface area (Å²) in [6, 6.07) is 0. The molecular formula is C3H7O5P. The molecule has 0 heterocycles. The van der Waals surface area contributed by atoms with Crippen molar-refractivity contribution in [1.82, 2.24) is 0 Å². The van der Waals surface area contributed by atoms with Crippen molar-refractivity contribution in [2.24, 2.45) is 0 Å². The highest BCUT2D eigenvalue weighted by molar-refractivity contribution is 7.46. The Morgan fingerprint density at radius 3 is 2.44 bits per heavy atom. The minimum Gasteiger partial charge on any atom is -0.412 e. The lowest BCUT2D eigenvalue weighted by molar-refractivity contribution is 0.256. The molecule has 0 radical (unpaired) electrons. The van der Waals surface area contributed by atoms with Crippen molar-refractivity contribution in [1.29, 1.82) is 0 Å². The smallest absolute Gasteiger partial charge is 0.412 e. The highest BCUT2D eigenvalue weighted by Gasteiger charge is 2.10. The highest BCUT2D eigenvalue weighted by Crippen LogP contribution is 2.35. The molecule has 0 rings (SSSR count). The van der Waals surface area contributed by atoms with E-state index in [0.717, 1.165) is 12.3 Å². The fourth-order valence-electron chi connectivity index (χ4n) is 0.165. The molecule has 0 aliphatic carbocycles. The first-order chi connectivity index (χ1) is 4.06. The Hall–Kier alpha value is -0.350. The first-order valence-electron chi connectivity index (χ1n) is 2.06. The molecule has 0 atom stereocenters. The van der Waals surface area contributed by atoms with E-state index >= 15 is 0 Å². The van der Waals surface area contributed by atoms with Gasteiger partial charge in [0.05, 0.1) is 12.9 Å². The average molecular weight is 154 g/mol. The quantitative estimate of drug-likeness (QED) is 0.380. The predicted octanol–water partition coefficient (Wildman–Crippen LogP) is -0.398. The number of rotatable bonds is 3.